The van der Waals surface area contributed by atoms with Crippen molar-refractivity contribution < 1.29 is 23.7 Å². The minimum absolute atomic E-state index is 0.129. The summed E-state index contributed by atoms with van der Waals surface area (Å²) >= 11 is 0. The van der Waals surface area contributed by atoms with Gasteiger partial charge in [0.05, 0.1) is 51.1 Å². The van der Waals surface area contributed by atoms with Crippen molar-refractivity contribution in [3.8, 4) is 17.0 Å². The van der Waals surface area contributed by atoms with Gasteiger partial charge in [-0.25, -0.2) is 9.50 Å². The number of nitrogens with one attached hydrogen (secondary N) is 2. The monoisotopic (exact) mass is 633 g/mol. The van der Waals surface area contributed by atoms with Gasteiger partial charge in [0.15, 0.2) is 23.4 Å². The quantitative estimate of drug-likeness (QED) is 0.226. The van der Waals surface area contributed by atoms with E-state index in [1.807, 2.05) is 73.8 Å². The lowest BCUT2D eigenvalue weighted by atomic mass is 10.1. The number of rotatable bonds is 10. The van der Waals surface area contributed by atoms with Gasteiger partial charge in [0.1, 0.15) is 5.75 Å². The van der Waals surface area contributed by atoms with Gasteiger partial charge < -0.3 is 34.5 Å². The number of benzene rings is 2. The number of methoxy groups -OCH3 is 1. The first-order valence-electron chi connectivity index (χ1n) is 15.7. The van der Waals surface area contributed by atoms with Gasteiger partial charge in [-0.2, -0.15) is 0 Å². The van der Waals surface area contributed by atoms with E-state index in [-0.39, 0.29) is 18.2 Å². The molecule has 0 unspecified atom stereocenters. The Balaban J connectivity index is 1.09. The number of carbonyl (C=O) groups excluding carboxylic acids is 1. The van der Waals surface area contributed by atoms with Crippen molar-refractivity contribution in [2.75, 3.05) is 50.8 Å². The molecule has 2 aromatic carbocycles. The molecule has 3 aliphatic rings. The summed E-state index contributed by atoms with van der Waals surface area (Å²) in [4.78, 5) is 24.9. The highest BCUT2D eigenvalue weighted by molar-refractivity contribution is 5.94. The van der Waals surface area contributed by atoms with E-state index in [2.05, 4.69) is 25.5 Å². The van der Waals surface area contributed by atoms with Crippen LogP contribution >= 0.6 is 0 Å². The number of ether oxygens (including phenoxy) is 4. The molecule has 2 saturated heterocycles. The number of amides is 1. The topological polar surface area (TPSA) is 124 Å². The molecule has 5 aromatic rings. The van der Waals surface area contributed by atoms with E-state index in [1.165, 1.54) is 0 Å². The first-order chi connectivity index (χ1) is 23.0. The molecule has 0 bridgehead atoms. The fourth-order valence-corrected chi connectivity index (χ4v) is 6.39. The summed E-state index contributed by atoms with van der Waals surface area (Å²) in [5.74, 6) is 1.94. The number of fused-ring (bicyclic) bond motifs is 2. The van der Waals surface area contributed by atoms with Crippen LogP contribution in [0.2, 0.25) is 0 Å². The van der Waals surface area contributed by atoms with Crippen molar-refractivity contribution in [3.05, 3.63) is 95.9 Å². The largest absolute Gasteiger partial charge is 0.497 e. The summed E-state index contributed by atoms with van der Waals surface area (Å²) in [5, 5.41) is 11.5. The molecule has 47 heavy (non-hydrogen) atoms. The van der Waals surface area contributed by atoms with Crippen LogP contribution in [0.4, 0.5) is 17.2 Å². The molecule has 1 amide bonds. The minimum Gasteiger partial charge on any atom is -0.497 e. The van der Waals surface area contributed by atoms with Gasteiger partial charge in [0, 0.05) is 60.5 Å². The Labute approximate surface area is 271 Å². The summed E-state index contributed by atoms with van der Waals surface area (Å²) < 4.78 is 23.7. The highest BCUT2D eigenvalue weighted by Crippen LogP contribution is 2.44. The van der Waals surface area contributed by atoms with Gasteiger partial charge in [-0.1, -0.05) is 30.3 Å². The predicted octanol–water partition coefficient (Wildman–Crippen LogP) is 4.60. The Morgan fingerprint density at radius 3 is 2.55 bits per heavy atom. The summed E-state index contributed by atoms with van der Waals surface area (Å²) in [6.07, 6.45) is 3.02. The smallest absolute Gasteiger partial charge is 0.271 e. The molecule has 3 atom stereocenters. The third kappa shape index (κ3) is 5.86. The standard InChI is InChI=1S/C35H35N7O5/c1-41(18-21-6-9-25(44-2)10-7-21)29-15-31(40-42-30(17-37-33(29)42)34(43)39-32-26-19-45-20-27(26)32)38-24-5-3-4-22(14-24)28-11-8-23(16-36-28)35-46-12-13-47-35/h3-11,14-17,26-27,32,35H,12-13,18-20H2,1-2H3,(H,38,40)(H,39,43)/t26-,27+,32+. The Kier molecular flexibility index (Phi) is 7.68. The molecule has 3 fully saturated rings. The van der Waals surface area contributed by atoms with Gasteiger partial charge in [-0.3, -0.25) is 9.78 Å². The van der Waals surface area contributed by atoms with E-state index in [1.54, 1.807) is 24.0 Å². The molecule has 2 N–H and O–H groups in total. The molecule has 2 aliphatic heterocycles. The van der Waals surface area contributed by atoms with Gasteiger partial charge >= 0.3 is 0 Å². The van der Waals surface area contributed by atoms with E-state index >= 15 is 0 Å². The number of anilines is 3. The number of hydrogen-bond donors (Lipinski definition) is 2. The third-order valence-electron chi connectivity index (χ3n) is 9.03. The maximum Gasteiger partial charge on any atom is 0.271 e. The van der Waals surface area contributed by atoms with Crippen LogP contribution in [-0.2, 0) is 20.8 Å². The van der Waals surface area contributed by atoms with E-state index in [4.69, 9.17) is 24.0 Å². The first-order valence-corrected chi connectivity index (χ1v) is 15.7. The average Bonchev–Trinajstić information content (AvgIpc) is 3.65. The Hall–Kier alpha value is -5.04. The zero-order valence-corrected chi connectivity index (χ0v) is 26.1. The number of aromatic nitrogens is 4. The molecule has 5 heterocycles. The Bertz CT molecular complexity index is 1900. The molecule has 0 spiro atoms. The van der Waals surface area contributed by atoms with Crippen molar-refractivity contribution in [1.29, 1.82) is 0 Å². The van der Waals surface area contributed by atoms with Crippen LogP contribution in [-0.4, -0.2) is 72.1 Å². The second-order valence-corrected chi connectivity index (χ2v) is 12.1. The first kappa shape index (κ1) is 29.4. The molecule has 12 heteroatoms. The van der Waals surface area contributed by atoms with E-state index < -0.39 is 0 Å². The zero-order chi connectivity index (χ0) is 31.9. The highest BCUT2D eigenvalue weighted by atomic mass is 16.7. The SMILES string of the molecule is COc1ccc(CN(C)c2cc(Nc3cccc(-c4ccc(C5OCCO5)cn4)c3)nn3c(C(=O)N[C@H]4[C@@H]5COC[C@@H]54)cnc23)cc1. The molecule has 12 nitrogen and oxygen atoms in total. The van der Waals surface area contributed by atoms with Crippen LogP contribution in [0.1, 0.15) is 27.9 Å². The van der Waals surface area contributed by atoms with Gasteiger partial charge in [-0.05, 0) is 35.9 Å². The molecule has 240 valence electrons. The van der Waals surface area contributed by atoms with Crippen molar-refractivity contribution in [1.82, 2.24) is 24.9 Å². The van der Waals surface area contributed by atoms with E-state index in [0.717, 1.165) is 39.5 Å². The maximum absolute atomic E-state index is 13.5. The van der Waals surface area contributed by atoms with Gasteiger partial charge in [0.25, 0.3) is 5.91 Å². The normalized spacial score (nSPS) is 20.3. The van der Waals surface area contributed by atoms with Crippen LogP contribution in [0.3, 0.4) is 0 Å². The van der Waals surface area contributed by atoms with Crippen molar-refractivity contribution in [2.24, 2.45) is 11.8 Å². The van der Waals surface area contributed by atoms with E-state index in [9.17, 15) is 4.79 Å². The number of imidazole rings is 1. The van der Waals surface area contributed by atoms with Crippen molar-refractivity contribution in [3.63, 3.8) is 0 Å². The molecule has 0 radical (unpaired) electrons. The summed E-state index contributed by atoms with van der Waals surface area (Å²) in [5.41, 5.74) is 6.36. The van der Waals surface area contributed by atoms with Gasteiger partial charge in [0.2, 0.25) is 0 Å². The molecule has 3 aromatic heterocycles. The van der Waals surface area contributed by atoms with E-state index in [0.29, 0.717) is 62.0 Å². The average molecular weight is 634 g/mol. The lowest BCUT2D eigenvalue weighted by Gasteiger charge is -2.21. The van der Waals surface area contributed by atoms with Gasteiger partial charge in [-0.15, -0.1) is 5.10 Å². The maximum atomic E-state index is 13.5. The van der Waals surface area contributed by atoms with Crippen molar-refractivity contribution >= 4 is 28.7 Å². The number of hydrogen-bond acceptors (Lipinski definition) is 10. The van der Waals surface area contributed by atoms with Crippen molar-refractivity contribution in [2.45, 2.75) is 18.9 Å². The zero-order valence-electron chi connectivity index (χ0n) is 26.1. The minimum atomic E-state index is -0.365. The molecular weight excluding hydrogens is 598 g/mol. The molecule has 8 rings (SSSR count). The number of pyridine rings is 1. The number of nitrogens with zero attached hydrogens (tertiary/aromatic N) is 5. The molecule has 1 saturated carbocycles. The second-order valence-electron chi connectivity index (χ2n) is 12.1. The fraction of sp³-hybridized carbons (Fsp3) is 0.314. The molecular formula is C35H35N7O5. The second kappa shape index (κ2) is 12.3. The highest BCUT2D eigenvalue weighted by Gasteiger charge is 2.55. The van der Waals surface area contributed by atoms with Crippen LogP contribution in [0, 0.1) is 11.8 Å². The predicted molar refractivity (Wildman–Crippen MR) is 175 cm³/mol. The van der Waals surface area contributed by atoms with Crippen LogP contribution in [0.25, 0.3) is 16.9 Å². The summed E-state index contributed by atoms with van der Waals surface area (Å²) in [7, 11) is 3.66. The lowest BCUT2D eigenvalue weighted by molar-refractivity contribution is -0.0443. The lowest BCUT2D eigenvalue weighted by Crippen LogP contribution is -2.31. The fourth-order valence-electron chi connectivity index (χ4n) is 6.39. The third-order valence-corrected chi connectivity index (χ3v) is 9.03. The van der Waals surface area contributed by atoms with Crippen LogP contribution < -0.4 is 20.3 Å². The molecule has 1 aliphatic carbocycles. The van der Waals surface area contributed by atoms with Crippen LogP contribution in [0.5, 0.6) is 5.75 Å². The summed E-state index contributed by atoms with van der Waals surface area (Å²) in [6.45, 7) is 3.16. The number of carbonyl (C=O) groups is 1. The van der Waals surface area contributed by atoms with Crippen LogP contribution in [0.15, 0.2) is 79.1 Å². The Morgan fingerprint density at radius 2 is 1.81 bits per heavy atom. The Morgan fingerprint density at radius 1 is 1.00 bits per heavy atom. The summed E-state index contributed by atoms with van der Waals surface area (Å²) in [6, 6.07) is 22.0.